The molecule has 1 atom stereocenters. The van der Waals surface area contributed by atoms with Gasteiger partial charge in [-0.2, -0.15) is 0 Å². The predicted molar refractivity (Wildman–Crippen MR) is 102 cm³/mol. The molecule has 1 amide bonds. The van der Waals surface area contributed by atoms with Crippen molar-refractivity contribution in [1.82, 2.24) is 5.32 Å². The van der Waals surface area contributed by atoms with Gasteiger partial charge in [-0.05, 0) is 76.7 Å². The van der Waals surface area contributed by atoms with Crippen molar-refractivity contribution in [1.29, 1.82) is 0 Å². The standard InChI is InChI=1S/C20H24BrNO2/c1-12(2)16-11-17(13(3)10-19(16)24-5)14(4)22-20(23)15-8-6-7-9-18(15)21/h6-12,14H,1-5H3,(H,22,23). The van der Waals surface area contributed by atoms with Gasteiger partial charge in [0.1, 0.15) is 5.75 Å². The molecule has 0 fully saturated rings. The number of hydrogen-bond acceptors (Lipinski definition) is 2. The molecule has 0 radical (unpaired) electrons. The monoisotopic (exact) mass is 389 g/mol. The van der Waals surface area contributed by atoms with Crippen LogP contribution in [0.4, 0.5) is 0 Å². The first-order valence-corrected chi connectivity index (χ1v) is 8.88. The van der Waals surface area contributed by atoms with Gasteiger partial charge < -0.3 is 10.1 Å². The minimum absolute atomic E-state index is 0.0868. The van der Waals surface area contributed by atoms with Gasteiger partial charge in [0.25, 0.3) is 5.91 Å². The maximum Gasteiger partial charge on any atom is 0.252 e. The highest BCUT2D eigenvalue weighted by Gasteiger charge is 2.18. The van der Waals surface area contributed by atoms with Gasteiger partial charge in [0.15, 0.2) is 0 Å². The van der Waals surface area contributed by atoms with E-state index < -0.39 is 0 Å². The van der Waals surface area contributed by atoms with Crippen molar-refractivity contribution in [2.24, 2.45) is 0 Å². The second-order valence-corrected chi connectivity index (χ2v) is 7.13. The number of benzene rings is 2. The van der Waals surface area contributed by atoms with Crippen molar-refractivity contribution in [2.45, 2.75) is 39.7 Å². The summed E-state index contributed by atoms with van der Waals surface area (Å²) in [7, 11) is 1.69. The fourth-order valence-electron chi connectivity index (χ4n) is 2.81. The highest BCUT2D eigenvalue weighted by Crippen LogP contribution is 2.32. The molecule has 0 saturated heterocycles. The Morgan fingerprint density at radius 2 is 1.79 bits per heavy atom. The summed E-state index contributed by atoms with van der Waals surface area (Å²) in [5.41, 5.74) is 4.01. The molecule has 0 aromatic heterocycles. The zero-order valence-electron chi connectivity index (χ0n) is 14.8. The largest absolute Gasteiger partial charge is 0.496 e. The lowest BCUT2D eigenvalue weighted by Gasteiger charge is -2.21. The van der Waals surface area contributed by atoms with Crippen LogP contribution in [0.2, 0.25) is 0 Å². The van der Waals surface area contributed by atoms with Gasteiger partial charge in [-0.15, -0.1) is 0 Å². The van der Waals surface area contributed by atoms with Crippen molar-refractivity contribution in [3.63, 3.8) is 0 Å². The minimum Gasteiger partial charge on any atom is -0.496 e. The lowest BCUT2D eigenvalue weighted by Crippen LogP contribution is -2.27. The molecule has 2 rings (SSSR count). The summed E-state index contributed by atoms with van der Waals surface area (Å²) >= 11 is 3.43. The summed E-state index contributed by atoms with van der Waals surface area (Å²) in [5, 5.41) is 3.09. The van der Waals surface area contributed by atoms with Crippen LogP contribution in [0.3, 0.4) is 0 Å². The zero-order valence-corrected chi connectivity index (χ0v) is 16.4. The van der Waals surface area contributed by atoms with Gasteiger partial charge in [-0.3, -0.25) is 4.79 Å². The average molecular weight is 390 g/mol. The van der Waals surface area contributed by atoms with Crippen LogP contribution in [0.5, 0.6) is 5.75 Å². The smallest absolute Gasteiger partial charge is 0.252 e. The van der Waals surface area contributed by atoms with Gasteiger partial charge in [0, 0.05) is 4.47 Å². The molecule has 0 bridgehead atoms. The lowest BCUT2D eigenvalue weighted by molar-refractivity contribution is 0.0939. The predicted octanol–water partition coefficient (Wildman–Crippen LogP) is 5.38. The van der Waals surface area contributed by atoms with Crippen molar-refractivity contribution < 1.29 is 9.53 Å². The van der Waals surface area contributed by atoms with E-state index in [1.165, 1.54) is 0 Å². The molecule has 0 saturated carbocycles. The third kappa shape index (κ3) is 3.99. The molecule has 1 unspecified atom stereocenters. The molecule has 0 aliphatic heterocycles. The fourth-order valence-corrected chi connectivity index (χ4v) is 3.27. The van der Waals surface area contributed by atoms with Gasteiger partial charge in [0.05, 0.1) is 18.7 Å². The van der Waals surface area contributed by atoms with E-state index in [1.807, 2.05) is 44.2 Å². The number of halogens is 1. The quantitative estimate of drug-likeness (QED) is 0.744. The Hall–Kier alpha value is -1.81. The highest BCUT2D eigenvalue weighted by molar-refractivity contribution is 9.10. The Morgan fingerprint density at radius 1 is 1.12 bits per heavy atom. The number of aryl methyl sites for hydroxylation is 1. The normalized spacial score (nSPS) is 12.1. The number of methoxy groups -OCH3 is 1. The molecule has 128 valence electrons. The number of nitrogens with one attached hydrogen (secondary N) is 1. The molecular formula is C20H24BrNO2. The van der Waals surface area contributed by atoms with Gasteiger partial charge in [-0.1, -0.05) is 26.0 Å². The Morgan fingerprint density at radius 3 is 2.38 bits per heavy atom. The van der Waals surface area contributed by atoms with Gasteiger partial charge in [0.2, 0.25) is 0 Å². The maximum absolute atomic E-state index is 12.5. The van der Waals surface area contributed by atoms with Crippen molar-refractivity contribution >= 4 is 21.8 Å². The summed E-state index contributed by atoms with van der Waals surface area (Å²) in [6.07, 6.45) is 0. The zero-order chi connectivity index (χ0) is 17.9. The molecule has 1 N–H and O–H groups in total. The number of rotatable bonds is 5. The average Bonchev–Trinajstić information content (AvgIpc) is 2.54. The second kappa shape index (κ2) is 7.84. The summed E-state index contributed by atoms with van der Waals surface area (Å²) in [6, 6.07) is 11.5. The van der Waals surface area contributed by atoms with Crippen LogP contribution in [0.1, 0.15) is 59.8 Å². The molecule has 0 spiro atoms. The Balaban J connectivity index is 2.29. The van der Waals surface area contributed by atoms with Crippen LogP contribution in [-0.2, 0) is 0 Å². The minimum atomic E-state index is -0.0898. The van der Waals surface area contributed by atoms with Crippen LogP contribution in [0.25, 0.3) is 0 Å². The van der Waals surface area contributed by atoms with E-state index in [9.17, 15) is 4.79 Å². The SMILES string of the molecule is COc1cc(C)c(C(C)NC(=O)c2ccccc2Br)cc1C(C)C. The van der Waals surface area contributed by atoms with Crippen molar-refractivity contribution in [3.8, 4) is 5.75 Å². The summed E-state index contributed by atoms with van der Waals surface area (Å²) in [5.74, 6) is 1.16. The number of amides is 1. The van der Waals surface area contributed by atoms with E-state index in [0.717, 1.165) is 26.9 Å². The van der Waals surface area contributed by atoms with E-state index in [1.54, 1.807) is 7.11 Å². The van der Waals surface area contributed by atoms with Gasteiger partial charge >= 0.3 is 0 Å². The first-order valence-electron chi connectivity index (χ1n) is 8.09. The van der Waals surface area contributed by atoms with Crippen molar-refractivity contribution in [2.75, 3.05) is 7.11 Å². The Labute approximate surface area is 152 Å². The molecular weight excluding hydrogens is 366 g/mol. The van der Waals surface area contributed by atoms with Crippen LogP contribution < -0.4 is 10.1 Å². The number of carbonyl (C=O) groups excluding carboxylic acids is 1. The number of carbonyl (C=O) groups is 1. The molecule has 3 nitrogen and oxygen atoms in total. The second-order valence-electron chi connectivity index (χ2n) is 6.28. The molecule has 24 heavy (non-hydrogen) atoms. The van der Waals surface area contributed by atoms with E-state index in [-0.39, 0.29) is 11.9 Å². The van der Waals surface area contributed by atoms with E-state index in [2.05, 4.69) is 41.2 Å². The Bertz CT molecular complexity index is 740. The van der Waals surface area contributed by atoms with E-state index >= 15 is 0 Å². The molecule has 2 aromatic carbocycles. The van der Waals surface area contributed by atoms with Crippen LogP contribution in [0.15, 0.2) is 40.9 Å². The third-order valence-electron chi connectivity index (χ3n) is 4.17. The topological polar surface area (TPSA) is 38.3 Å². The number of hydrogen-bond donors (Lipinski definition) is 1. The van der Waals surface area contributed by atoms with Crippen molar-refractivity contribution in [3.05, 3.63) is 63.1 Å². The molecule has 0 aliphatic carbocycles. The summed E-state index contributed by atoms with van der Waals surface area (Å²) in [6.45, 7) is 8.33. The first-order chi connectivity index (χ1) is 11.3. The molecule has 4 heteroatoms. The van der Waals surface area contributed by atoms with Crippen LogP contribution in [0, 0.1) is 6.92 Å². The van der Waals surface area contributed by atoms with Gasteiger partial charge in [-0.25, -0.2) is 0 Å². The Kier molecular flexibility index (Phi) is 6.05. The van der Waals surface area contributed by atoms with E-state index in [0.29, 0.717) is 11.5 Å². The van der Waals surface area contributed by atoms with Crippen LogP contribution in [-0.4, -0.2) is 13.0 Å². The first kappa shape index (κ1) is 18.5. The maximum atomic E-state index is 12.5. The lowest BCUT2D eigenvalue weighted by atomic mass is 9.93. The third-order valence-corrected chi connectivity index (χ3v) is 4.86. The molecule has 2 aromatic rings. The highest BCUT2D eigenvalue weighted by atomic mass is 79.9. The molecule has 0 heterocycles. The summed E-state index contributed by atoms with van der Waals surface area (Å²) < 4.78 is 6.29. The fraction of sp³-hybridized carbons (Fsp3) is 0.350. The van der Waals surface area contributed by atoms with E-state index in [4.69, 9.17) is 4.74 Å². The molecule has 0 aliphatic rings. The number of ether oxygens (including phenoxy) is 1. The van der Waals surface area contributed by atoms with Crippen LogP contribution >= 0.6 is 15.9 Å². The summed E-state index contributed by atoms with van der Waals surface area (Å²) in [4.78, 5) is 12.5.